The van der Waals surface area contributed by atoms with E-state index >= 15 is 0 Å². The fourth-order valence-electron chi connectivity index (χ4n) is 2.15. The average molecular weight is 287 g/mol. The highest BCUT2D eigenvalue weighted by atomic mass is 16.1. The van der Waals surface area contributed by atoms with Gasteiger partial charge in [0.05, 0.1) is 6.04 Å². The third-order valence-corrected chi connectivity index (χ3v) is 3.31. The number of pyridine rings is 1. The molecule has 6 heteroatoms. The molecule has 0 saturated heterocycles. The first-order valence-corrected chi connectivity index (χ1v) is 7.15. The number of rotatable bonds is 6. The van der Waals surface area contributed by atoms with E-state index in [0.717, 1.165) is 11.4 Å². The Balaban J connectivity index is 1.89. The summed E-state index contributed by atoms with van der Waals surface area (Å²) in [5.74, 6) is 0.792. The average Bonchev–Trinajstić information content (AvgIpc) is 2.96. The van der Waals surface area contributed by atoms with Crippen LogP contribution in [-0.4, -0.2) is 25.7 Å². The number of nitrogens with one attached hydrogen (secondary N) is 1. The van der Waals surface area contributed by atoms with Crippen LogP contribution in [0.5, 0.6) is 0 Å². The van der Waals surface area contributed by atoms with E-state index in [-0.39, 0.29) is 18.0 Å². The lowest BCUT2D eigenvalue weighted by Gasteiger charge is -2.16. The number of carbonyl (C=O) groups is 1. The normalized spacial score (nSPS) is 12.4. The van der Waals surface area contributed by atoms with Crippen LogP contribution >= 0.6 is 0 Å². The zero-order chi connectivity index (χ0) is 15.2. The second-order valence-electron chi connectivity index (χ2n) is 5.33. The molecule has 1 N–H and O–H groups in total. The van der Waals surface area contributed by atoms with Crippen molar-refractivity contribution in [2.45, 2.75) is 45.7 Å². The van der Waals surface area contributed by atoms with Crippen LogP contribution in [-0.2, 0) is 11.2 Å². The monoisotopic (exact) mass is 287 g/mol. The Hall–Kier alpha value is -2.24. The number of hydrogen-bond donors (Lipinski definition) is 1. The van der Waals surface area contributed by atoms with E-state index in [1.807, 2.05) is 23.6 Å². The molecule has 1 unspecified atom stereocenters. The van der Waals surface area contributed by atoms with E-state index in [9.17, 15) is 4.79 Å². The summed E-state index contributed by atoms with van der Waals surface area (Å²) in [7, 11) is 0. The van der Waals surface area contributed by atoms with E-state index in [4.69, 9.17) is 0 Å². The van der Waals surface area contributed by atoms with Gasteiger partial charge in [0.2, 0.25) is 5.91 Å². The van der Waals surface area contributed by atoms with Crippen molar-refractivity contribution >= 4 is 5.91 Å². The SMILES string of the molecule is CC(NC(=O)CCc1ccncc1)c1nncn1C(C)C. The van der Waals surface area contributed by atoms with E-state index in [1.54, 1.807) is 18.7 Å². The molecule has 0 saturated carbocycles. The Morgan fingerprint density at radius 2 is 2.00 bits per heavy atom. The van der Waals surface area contributed by atoms with Crippen LogP contribution in [0.4, 0.5) is 0 Å². The lowest BCUT2D eigenvalue weighted by Crippen LogP contribution is -2.29. The third-order valence-electron chi connectivity index (χ3n) is 3.31. The van der Waals surface area contributed by atoms with Crippen LogP contribution in [0, 0.1) is 0 Å². The van der Waals surface area contributed by atoms with Crippen molar-refractivity contribution in [3.63, 3.8) is 0 Å². The van der Waals surface area contributed by atoms with Crippen LogP contribution in [0.15, 0.2) is 30.9 Å². The Labute approximate surface area is 124 Å². The van der Waals surface area contributed by atoms with Crippen LogP contribution in [0.1, 0.15) is 50.7 Å². The standard InChI is InChI=1S/C15H21N5O/c1-11(2)20-10-17-19-15(20)12(3)18-14(21)5-4-13-6-8-16-9-7-13/h6-12H,4-5H2,1-3H3,(H,18,21). The number of aromatic nitrogens is 4. The van der Waals surface area contributed by atoms with Crippen molar-refractivity contribution in [2.75, 3.05) is 0 Å². The van der Waals surface area contributed by atoms with E-state index in [0.29, 0.717) is 12.8 Å². The molecule has 0 aromatic carbocycles. The summed E-state index contributed by atoms with van der Waals surface area (Å²) in [5.41, 5.74) is 1.11. The number of aryl methyl sites for hydroxylation is 1. The van der Waals surface area contributed by atoms with Gasteiger partial charge in [-0.05, 0) is 44.9 Å². The highest BCUT2D eigenvalue weighted by molar-refractivity contribution is 5.76. The summed E-state index contributed by atoms with van der Waals surface area (Å²) < 4.78 is 1.97. The molecule has 1 atom stereocenters. The molecule has 21 heavy (non-hydrogen) atoms. The first-order chi connectivity index (χ1) is 10.1. The lowest BCUT2D eigenvalue weighted by atomic mass is 10.1. The van der Waals surface area contributed by atoms with Crippen LogP contribution in [0.3, 0.4) is 0 Å². The zero-order valence-corrected chi connectivity index (χ0v) is 12.7. The molecule has 0 fully saturated rings. The Morgan fingerprint density at radius 3 is 2.67 bits per heavy atom. The molecule has 0 spiro atoms. The molecule has 0 radical (unpaired) electrons. The highest BCUT2D eigenvalue weighted by Gasteiger charge is 2.16. The Morgan fingerprint density at radius 1 is 1.29 bits per heavy atom. The fraction of sp³-hybridized carbons (Fsp3) is 0.467. The predicted molar refractivity (Wildman–Crippen MR) is 79.5 cm³/mol. The second kappa shape index (κ2) is 6.97. The van der Waals surface area contributed by atoms with Gasteiger partial charge < -0.3 is 9.88 Å². The van der Waals surface area contributed by atoms with Gasteiger partial charge in [-0.15, -0.1) is 10.2 Å². The summed E-state index contributed by atoms with van der Waals surface area (Å²) in [6, 6.07) is 3.96. The lowest BCUT2D eigenvalue weighted by molar-refractivity contribution is -0.121. The van der Waals surface area contributed by atoms with Crippen molar-refractivity contribution in [1.29, 1.82) is 0 Å². The van der Waals surface area contributed by atoms with Crippen molar-refractivity contribution in [2.24, 2.45) is 0 Å². The molecule has 2 aromatic heterocycles. The maximum atomic E-state index is 12.0. The summed E-state index contributed by atoms with van der Waals surface area (Å²) in [6.07, 6.45) is 6.32. The van der Waals surface area contributed by atoms with Crippen LogP contribution < -0.4 is 5.32 Å². The molecule has 112 valence electrons. The van der Waals surface area contributed by atoms with Gasteiger partial charge in [-0.3, -0.25) is 9.78 Å². The minimum absolute atomic E-state index is 0.0117. The Bertz CT molecular complexity index is 579. The number of amides is 1. The number of hydrogen-bond acceptors (Lipinski definition) is 4. The van der Waals surface area contributed by atoms with Gasteiger partial charge in [0.15, 0.2) is 5.82 Å². The van der Waals surface area contributed by atoms with Gasteiger partial charge in [0.25, 0.3) is 0 Å². The molecule has 2 aromatic rings. The number of carbonyl (C=O) groups excluding carboxylic acids is 1. The zero-order valence-electron chi connectivity index (χ0n) is 12.7. The minimum Gasteiger partial charge on any atom is -0.346 e. The predicted octanol–water partition coefficient (Wildman–Crippen LogP) is 2.06. The first-order valence-electron chi connectivity index (χ1n) is 7.15. The molecule has 0 aliphatic carbocycles. The van der Waals surface area contributed by atoms with Crippen LogP contribution in [0.2, 0.25) is 0 Å². The summed E-state index contributed by atoms with van der Waals surface area (Å²) in [4.78, 5) is 16.0. The molecule has 1 amide bonds. The fourth-order valence-corrected chi connectivity index (χ4v) is 2.15. The highest BCUT2D eigenvalue weighted by Crippen LogP contribution is 2.14. The summed E-state index contributed by atoms with van der Waals surface area (Å²) in [5, 5.41) is 11.0. The van der Waals surface area contributed by atoms with Gasteiger partial charge in [-0.25, -0.2) is 0 Å². The topological polar surface area (TPSA) is 72.7 Å². The first kappa shape index (κ1) is 15.2. The van der Waals surface area contributed by atoms with Gasteiger partial charge in [0, 0.05) is 24.9 Å². The van der Waals surface area contributed by atoms with E-state index in [2.05, 4.69) is 34.3 Å². The van der Waals surface area contributed by atoms with Gasteiger partial charge in [-0.2, -0.15) is 0 Å². The van der Waals surface area contributed by atoms with Crippen LogP contribution in [0.25, 0.3) is 0 Å². The molecule has 2 rings (SSSR count). The quantitative estimate of drug-likeness (QED) is 0.882. The minimum atomic E-state index is -0.153. The number of nitrogens with zero attached hydrogens (tertiary/aromatic N) is 4. The summed E-state index contributed by atoms with van der Waals surface area (Å²) in [6.45, 7) is 6.04. The van der Waals surface area contributed by atoms with Crippen molar-refractivity contribution in [3.8, 4) is 0 Å². The van der Waals surface area contributed by atoms with E-state index in [1.165, 1.54) is 0 Å². The molecular formula is C15H21N5O. The third kappa shape index (κ3) is 4.11. The van der Waals surface area contributed by atoms with Gasteiger partial charge >= 0.3 is 0 Å². The maximum Gasteiger partial charge on any atom is 0.220 e. The molecule has 0 aliphatic rings. The molecule has 0 bridgehead atoms. The van der Waals surface area contributed by atoms with Crippen molar-refractivity contribution < 1.29 is 4.79 Å². The molecule has 0 aliphatic heterocycles. The van der Waals surface area contributed by atoms with Crippen molar-refractivity contribution in [3.05, 3.63) is 42.2 Å². The maximum absolute atomic E-state index is 12.0. The largest absolute Gasteiger partial charge is 0.346 e. The van der Waals surface area contributed by atoms with Gasteiger partial charge in [-0.1, -0.05) is 0 Å². The molecular weight excluding hydrogens is 266 g/mol. The van der Waals surface area contributed by atoms with E-state index < -0.39 is 0 Å². The summed E-state index contributed by atoms with van der Waals surface area (Å²) >= 11 is 0. The second-order valence-corrected chi connectivity index (χ2v) is 5.33. The van der Waals surface area contributed by atoms with Gasteiger partial charge in [0.1, 0.15) is 6.33 Å². The molecule has 2 heterocycles. The smallest absolute Gasteiger partial charge is 0.220 e. The molecule has 6 nitrogen and oxygen atoms in total. The van der Waals surface area contributed by atoms with Crippen molar-refractivity contribution in [1.82, 2.24) is 25.1 Å². The Kier molecular flexibility index (Phi) is 5.03.